The van der Waals surface area contributed by atoms with E-state index in [-0.39, 0.29) is 0 Å². The van der Waals surface area contributed by atoms with Gasteiger partial charge in [0.05, 0.1) is 12.7 Å². The predicted molar refractivity (Wildman–Crippen MR) is 95.4 cm³/mol. The van der Waals surface area contributed by atoms with Gasteiger partial charge in [0, 0.05) is 17.8 Å². The number of nitrogens with one attached hydrogen (secondary N) is 2. The predicted octanol–water partition coefficient (Wildman–Crippen LogP) is 1.88. The van der Waals surface area contributed by atoms with Crippen LogP contribution in [0.25, 0.3) is 6.08 Å². The number of urea groups is 1. The average Bonchev–Trinajstić information content (AvgIpc) is 3.11. The summed E-state index contributed by atoms with van der Waals surface area (Å²) in [7, 11) is 0. The van der Waals surface area contributed by atoms with Crippen molar-refractivity contribution in [3.63, 3.8) is 0 Å². The van der Waals surface area contributed by atoms with Gasteiger partial charge in [-0.1, -0.05) is 30.3 Å². The molecule has 3 amide bonds. The Morgan fingerprint density at radius 2 is 1.90 bits per heavy atom. The summed E-state index contributed by atoms with van der Waals surface area (Å²) in [6.45, 7) is -1.86. The van der Waals surface area contributed by atoms with E-state index in [2.05, 4.69) is 9.84 Å². The molecule has 154 valence electrons. The molecule has 0 saturated carbocycles. The van der Waals surface area contributed by atoms with Gasteiger partial charge >= 0.3 is 18.2 Å². The number of benzene rings is 1. The molecule has 1 aromatic carbocycles. The fraction of sp³-hybridized carbons (Fsp3) is 0.222. The van der Waals surface area contributed by atoms with Gasteiger partial charge in [0.1, 0.15) is 6.54 Å². The van der Waals surface area contributed by atoms with E-state index in [0.29, 0.717) is 12.1 Å². The van der Waals surface area contributed by atoms with Gasteiger partial charge < -0.3 is 10.1 Å². The first-order valence-corrected chi connectivity index (χ1v) is 8.27. The number of esters is 1. The van der Waals surface area contributed by atoms with Crippen LogP contribution < -0.4 is 10.6 Å². The van der Waals surface area contributed by atoms with Crippen molar-refractivity contribution in [1.82, 2.24) is 20.4 Å². The van der Waals surface area contributed by atoms with Crippen LogP contribution >= 0.6 is 0 Å². The van der Waals surface area contributed by atoms with E-state index in [1.807, 2.05) is 30.3 Å². The van der Waals surface area contributed by atoms with E-state index >= 15 is 0 Å². The number of nitrogens with zero attached hydrogens (tertiary/aromatic N) is 2. The standard InChI is InChI=1S/C18H17F3N4O4/c19-18(20,21)12-22-17(28)24-15(26)11-29-16(27)7-6-14-8-23-25(10-14)9-13-4-2-1-3-5-13/h1-8,10H,9,11-12H2,(H2,22,24,26,28)/b7-6+. The fourth-order valence-electron chi connectivity index (χ4n) is 2.06. The number of amides is 3. The SMILES string of the molecule is O=C(COC(=O)/C=C/c1cnn(Cc2ccccc2)c1)NC(=O)NCC(F)(F)F. The lowest BCUT2D eigenvalue weighted by atomic mass is 10.2. The van der Waals surface area contributed by atoms with Crippen molar-refractivity contribution in [2.24, 2.45) is 0 Å². The quantitative estimate of drug-likeness (QED) is 0.536. The van der Waals surface area contributed by atoms with Crippen molar-refractivity contribution in [2.75, 3.05) is 13.2 Å². The Morgan fingerprint density at radius 1 is 1.17 bits per heavy atom. The van der Waals surface area contributed by atoms with E-state index in [9.17, 15) is 27.6 Å². The maximum Gasteiger partial charge on any atom is 0.405 e. The molecular weight excluding hydrogens is 393 g/mol. The number of ether oxygens (including phenoxy) is 1. The molecule has 0 saturated heterocycles. The van der Waals surface area contributed by atoms with Crippen LogP contribution in [0, 0.1) is 0 Å². The third-order valence-corrected chi connectivity index (χ3v) is 3.30. The molecule has 1 heterocycles. The van der Waals surface area contributed by atoms with Gasteiger partial charge in [0.2, 0.25) is 0 Å². The molecule has 2 N–H and O–H groups in total. The monoisotopic (exact) mass is 410 g/mol. The van der Waals surface area contributed by atoms with Crippen LogP contribution in [0.1, 0.15) is 11.1 Å². The fourth-order valence-corrected chi connectivity index (χ4v) is 2.06. The molecule has 8 nitrogen and oxygen atoms in total. The number of imide groups is 1. The third-order valence-electron chi connectivity index (χ3n) is 3.30. The van der Waals surface area contributed by atoms with Crippen LogP contribution in [0.15, 0.2) is 48.8 Å². The van der Waals surface area contributed by atoms with Gasteiger partial charge in [-0.05, 0) is 11.6 Å². The van der Waals surface area contributed by atoms with Crippen LogP contribution in [0.3, 0.4) is 0 Å². The third kappa shape index (κ3) is 8.73. The number of hydrogen-bond donors (Lipinski definition) is 2. The van der Waals surface area contributed by atoms with E-state index in [4.69, 9.17) is 0 Å². The van der Waals surface area contributed by atoms with E-state index < -0.39 is 37.2 Å². The maximum atomic E-state index is 11.9. The van der Waals surface area contributed by atoms with Crippen molar-refractivity contribution in [3.05, 3.63) is 59.9 Å². The second-order valence-electron chi connectivity index (χ2n) is 5.74. The van der Waals surface area contributed by atoms with Crippen molar-refractivity contribution in [2.45, 2.75) is 12.7 Å². The van der Waals surface area contributed by atoms with Crippen molar-refractivity contribution in [3.8, 4) is 0 Å². The molecule has 0 bridgehead atoms. The molecule has 0 atom stereocenters. The number of rotatable bonds is 7. The Hall–Kier alpha value is -3.63. The molecule has 0 aliphatic heterocycles. The van der Waals surface area contributed by atoms with Gasteiger partial charge in [-0.25, -0.2) is 9.59 Å². The zero-order chi connectivity index (χ0) is 21.3. The second kappa shape index (κ2) is 10.1. The van der Waals surface area contributed by atoms with Gasteiger partial charge in [0.15, 0.2) is 6.61 Å². The molecule has 0 radical (unpaired) electrons. The van der Waals surface area contributed by atoms with Crippen molar-refractivity contribution in [1.29, 1.82) is 0 Å². The second-order valence-corrected chi connectivity index (χ2v) is 5.74. The van der Waals surface area contributed by atoms with Gasteiger partial charge in [-0.3, -0.25) is 14.8 Å². The lowest BCUT2D eigenvalue weighted by Gasteiger charge is -2.08. The average molecular weight is 410 g/mol. The summed E-state index contributed by atoms with van der Waals surface area (Å²) in [4.78, 5) is 34.0. The number of alkyl halides is 3. The Kier molecular flexibility index (Phi) is 7.52. The molecule has 0 aliphatic rings. The summed E-state index contributed by atoms with van der Waals surface area (Å²) in [5, 5.41) is 7.21. The highest BCUT2D eigenvalue weighted by Gasteiger charge is 2.28. The highest BCUT2D eigenvalue weighted by molar-refractivity contribution is 5.96. The highest BCUT2D eigenvalue weighted by atomic mass is 19.4. The van der Waals surface area contributed by atoms with E-state index in [0.717, 1.165) is 11.6 Å². The minimum Gasteiger partial charge on any atom is -0.452 e. The maximum absolute atomic E-state index is 11.9. The van der Waals surface area contributed by atoms with Crippen LogP contribution in [0.4, 0.5) is 18.0 Å². The van der Waals surface area contributed by atoms with E-state index in [1.54, 1.807) is 16.2 Å². The van der Waals surface area contributed by atoms with Gasteiger partial charge in [0.25, 0.3) is 5.91 Å². The van der Waals surface area contributed by atoms with Crippen molar-refractivity contribution < 1.29 is 32.3 Å². The first-order chi connectivity index (χ1) is 13.7. The summed E-state index contributed by atoms with van der Waals surface area (Å²) in [5.74, 6) is -1.94. The molecule has 1 aromatic heterocycles. The van der Waals surface area contributed by atoms with Crippen molar-refractivity contribution >= 4 is 24.0 Å². The molecule has 29 heavy (non-hydrogen) atoms. The normalized spacial score (nSPS) is 11.3. The number of aromatic nitrogens is 2. The highest BCUT2D eigenvalue weighted by Crippen LogP contribution is 2.11. The smallest absolute Gasteiger partial charge is 0.405 e. The Bertz CT molecular complexity index is 879. The molecule has 0 aliphatic carbocycles. The minimum atomic E-state index is -4.60. The molecule has 2 aromatic rings. The van der Waals surface area contributed by atoms with Crippen LogP contribution in [-0.4, -0.2) is 47.0 Å². The van der Waals surface area contributed by atoms with Crippen LogP contribution in [0.2, 0.25) is 0 Å². The molecular formula is C18H17F3N4O4. The lowest BCUT2D eigenvalue weighted by molar-refractivity contribution is -0.143. The van der Waals surface area contributed by atoms with Crippen LogP contribution in [0.5, 0.6) is 0 Å². The summed E-state index contributed by atoms with van der Waals surface area (Å²) in [6, 6.07) is 8.27. The summed E-state index contributed by atoms with van der Waals surface area (Å²) < 4.78 is 42.1. The summed E-state index contributed by atoms with van der Waals surface area (Å²) in [5.41, 5.74) is 1.67. The first kappa shape index (κ1) is 21.7. The number of carbonyl (C=O) groups is 3. The molecule has 0 unspecified atom stereocenters. The number of carbonyl (C=O) groups excluding carboxylic acids is 3. The first-order valence-electron chi connectivity index (χ1n) is 8.27. The molecule has 0 spiro atoms. The van der Waals surface area contributed by atoms with Gasteiger partial charge in [-0.15, -0.1) is 0 Å². The summed E-state index contributed by atoms with van der Waals surface area (Å²) in [6.07, 6.45) is 1.11. The van der Waals surface area contributed by atoms with Gasteiger partial charge in [-0.2, -0.15) is 18.3 Å². The van der Waals surface area contributed by atoms with Crippen LogP contribution in [-0.2, 0) is 20.9 Å². The topological polar surface area (TPSA) is 102 Å². The zero-order valence-electron chi connectivity index (χ0n) is 15.0. The molecule has 2 rings (SSSR count). The largest absolute Gasteiger partial charge is 0.452 e. The Balaban J connectivity index is 1.73. The molecule has 11 heteroatoms. The summed E-state index contributed by atoms with van der Waals surface area (Å²) >= 11 is 0. The number of hydrogen-bond acceptors (Lipinski definition) is 5. The van der Waals surface area contributed by atoms with E-state index in [1.165, 1.54) is 17.6 Å². The Morgan fingerprint density at radius 3 is 2.59 bits per heavy atom. The minimum absolute atomic E-state index is 0.551. The zero-order valence-corrected chi connectivity index (χ0v) is 15.0. The number of halogens is 3. The lowest BCUT2D eigenvalue weighted by Crippen LogP contribution is -2.44. The Labute approximate surface area is 163 Å². The molecule has 0 fully saturated rings.